The normalized spacial score (nSPS) is 10.4. The van der Waals surface area contributed by atoms with E-state index in [1.54, 1.807) is 16.9 Å². The molecule has 1 aromatic heterocycles. The van der Waals surface area contributed by atoms with Crippen molar-refractivity contribution in [1.29, 1.82) is 0 Å². The largest absolute Gasteiger partial charge is 0.508 e. The van der Waals surface area contributed by atoms with E-state index in [-0.39, 0.29) is 0 Å². The molecule has 1 N–H and O–H groups in total. The molecule has 1 heterocycles. The Hall–Kier alpha value is -1.77. The standard InChI is InChI=1S/C11H12N2O/c1-8-10(4-3-5-11(8)14)9-6-12-13(2)7-9/h3-7,14H,1-2H3. The van der Waals surface area contributed by atoms with E-state index in [2.05, 4.69) is 5.10 Å². The fraction of sp³-hybridized carbons (Fsp3) is 0.182. The molecule has 72 valence electrons. The molecular formula is C11H12N2O. The van der Waals surface area contributed by atoms with Crippen LogP contribution in [-0.2, 0) is 7.05 Å². The molecule has 0 saturated carbocycles. The average molecular weight is 188 g/mol. The van der Waals surface area contributed by atoms with Crippen LogP contribution in [0.3, 0.4) is 0 Å². The molecule has 0 amide bonds. The molecule has 3 nitrogen and oxygen atoms in total. The van der Waals surface area contributed by atoms with Crippen molar-refractivity contribution in [2.45, 2.75) is 6.92 Å². The fourth-order valence-electron chi connectivity index (χ4n) is 1.50. The Labute approximate surface area is 82.6 Å². The Balaban J connectivity index is 2.57. The minimum Gasteiger partial charge on any atom is -0.508 e. The summed E-state index contributed by atoms with van der Waals surface area (Å²) in [6, 6.07) is 5.51. The van der Waals surface area contributed by atoms with Crippen molar-refractivity contribution in [2.24, 2.45) is 7.05 Å². The monoisotopic (exact) mass is 188 g/mol. The Morgan fingerprint density at radius 3 is 2.79 bits per heavy atom. The maximum atomic E-state index is 9.54. The minimum absolute atomic E-state index is 0.325. The lowest BCUT2D eigenvalue weighted by atomic mass is 10.0. The first-order valence-electron chi connectivity index (χ1n) is 4.46. The molecule has 0 aliphatic heterocycles. The molecule has 0 fully saturated rings. The van der Waals surface area contributed by atoms with Gasteiger partial charge in [-0.15, -0.1) is 0 Å². The lowest BCUT2D eigenvalue weighted by Crippen LogP contribution is -1.84. The second-order valence-electron chi connectivity index (χ2n) is 3.35. The number of benzene rings is 1. The number of phenolic OH excluding ortho intramolecular Hbond substituents is 1. The van der Waals surface area contributed by atoms with E-state index in [4.69, 9.17) is 0 Å². The third-order valence-electron chi connectivity index (χ3n) is 2.32. The van der Waals surface area contributed by atoms with Gasteiger partial charge < -0.3 is 5.11 Å². The van der Waals surface area contributed by atoms with E-state index in [0.29, 0.717) is 5.75 Å². The summed E-state index contributed by atoms with van der Waals surface area (Å²) in [4.78, 5) is 0. The van der Waals surface area contributed by atoms with Crippen LogP contribution < -0.4 is 0 Å². The van der Waals surface area contributed by atoms with Crippen LogP contribution in [0.25, 0.3) is 11.1 Å². The van der Waals surface area contributed by atoms with E-state index < -0.39 is 0 Å². The molecule has 1 aromatic carbocycles. The summed E-state index contributed by atoms with van der Waals surface area (Å²) in [5.74, 6) is 0.325. The zero-order valence-corrected chi connectivity index (χ0v) is 8.23. The molecule has 0 aliphatic carbocycles. The number of aromatic hydroxyl groups is 1. The highest BCUT2D eigenvalue weighted by atomic mass is 16.3. The van der Waals surface area contributed by atoms with E-state index in [0.717, 1.165) is 16.7 Å². The quantitative estimate of drug-likeness (QED) is 0.744. The van der Waals surface area contributed by atoms with Crippen LogP contribution in [0.2, 0.25) is 0 Å². The van der Waals surface area contributed by atoms with Gasteiger partial charge in [0.15, 0.2) is 0 Å². The van der Waals surface area contributed by atoms with Crippen molar-refractivity contribution >= 4 is 0 Å². The van der Waals surface area contributed by atoms with Gasteiger partial charge in [-0.2, -0.15) is 5.10 Å². The summed E-state index contributed by atoms with van der Waals surface area (Å²) in [5.41, 5.74) is 2.94. The van der Waals surface area contributed by atoms with Gasteiger partial charge in [0.2, 0.25) is 0 Å². The van der Waals surface area contributed by atoms with E-state index in [1.807, 2.05) is 32.3 Å². The van der Waals surface area contributed by atoms with Crippen molar-refractivity contribution in [3.8, 4) is 16.9 Å². The molecule has 0 spiro atoms. The van der Waals surface area contributed by atoms with Gasteiger partial charge in [-0.1, -0.05) is 12.1 Å². The van der Waals surface area contributed by atoms with Crippen LogP contribution in [0.4, 0.5) is 0 Å². The smallest absolute Gasteiger partial charge is 0.119 e. The topological polar surface area (TPSA) is 38.1 Å². The first-order chi connectivity index (χ1) is 6.68. The lowest BCUT2D eigenvalue weighted by Gasteiger charge is -2.04. The first-order valence-corrected chi connectivity index (χ1v) is 4.46. The minimum atomic E-state index is 0.325. The average Bonchev–Trinajstić information content (AvgIpc) is 2.57. The Bertz CT molecular complexity index is 460. The van der Waals surface area contributed by atoms with Gasteiger partial charge in [-0.3, -0.25) is 4.68 Å². The lowest BCUT2D eigenvalue weighted by molar-refractivity contribution is 0.471. The third kappa shape index (κ3) is 1.37. The van der Waals surface area contributed by atoms with Gasteiger partial charge >= 0.3 is 0 Å². The van der Waals surface area contributed by atoms with E-state index in [9.17, 15) is 5.11 Å². The number of aromatic nitrogens is 2. The zero-order valence-electron chi connectivity index (χ0n) is 8.23. The number of hydrogen-bond acceptors (Lipinski definition) is 2. The maximum Gasteiger partial charge on any atom is 0.119 e. The summed E-state index contributed by atoms with van der Waals surface area (Å²) in [7, 11) is 1.88. The maximum absolute atomic E-state index is 9.54. The highest BCUT2D eigenvalue weighted by Gasteiger charge is 2.06. The first kappa shape index (κ1) is 8.81. The Morgan fingerprint density at radius 1 is 1.36 bits per heavy atom. The van der Waals surface area contributed by atoms with Gasteiger partial charge in [0, 0.05) is 18.8 Å². The summed E-state index contributed by atoms with van der Waals surface area (Å²) in [5, 5.41) is 13.6. The Kier molecular flexibility index (Phi) is 2.00. The third-order valence-corrected chi connectivity index (χ3v) is 2.32. The van der Waals surface area contributed by atoms with Crippen molar-refractivity contribution in [1.82, 2.24) is 9.78 Å². The Morgan fingerprint density at radius 2 is 2.14 bits per heavy atom. The predicted molar refractivity (Wildman–Crippen MR) is 55.0 cm³/mol. The molecule has 2 aromatic rings. The molecule has 0 bridgehead atoms. The van der Waals surface area contributed by atoms with Gasteiger partial charge in [0.05, 0.1) is 6.20 Å². The molecule has 0 saturated heterocycles. The number of phenols is 1. The zero-order chi connectivity index (χ0) is 10.1. The van der Waals surface area contributed by atoms with E-state index >= 15 is 0 Å². The van der Waals surface area contributed by atoms with Crippen LogP contribution >= 0.6 is 0 Å². The number of hydrogen-bond donors (Lipinski definition) is 1. The molecule has 0 atom stereocenters. The molecular weight excluding hydrogens is 176 g/mol. The summed E-state index contributed by atoms with van der Waals surface area (Å²) < 4.78 is 1.75. The van der Waals surface area contributed by atoms with Crippen molar-refractivity contribution in [3.05, 3.63) is 36.2 Å². The van der Waals surface area contributed by atoms with Crippen LogP contribution in [0.15, 0.2) is 30.6 Å². The number of nitrogens with zero attached hydrogens (tertiary/aromatic N) is 2. The van der Waals surface area contributed by atoms with Crippen LogP contribution in [0.5, 0.6) is 5.75 Å². The van der Waals surface area contributed by atoms with Crippen LogP contribution in [-0.4, -0.2) is 14.9 Å². The SMILES string of the molecule is Cc1c(O)cccc1-c1cnn(C)c1. The predicted octanol–water partition coefficient (Wildman–Crippen LogP) is 2.10. The second-order valence-corrected chi connectivity index (χ2v) is 3.35. The highest BCUT2D eigenvalue weighted by Crippen LogP contribution is 2.28. The summed E-state index contributed by atoms with van der Waals surface area (Å²) >= 11 is 0. The van der Waals surface area contributed by atoms with Crippen molar-refractivity contribution < 1.29 is 5.11 Å². The van der Waals surface area contributed by atoms with Crippen molar-refractivity contribution in [3.63, 3.8) is 0 Å². The van der Waals surface area contributed by atoms with Gasteiger partial charge in [-0.25, -0.2) is 0 Å². The highest BCUT2D eigenvalue weighted by molar-refractivity contribution is 5.68. The summed E-state index contributed by atoms with van der Waals surface area (Å²) in [6.07, 6.45) is 3.73. The summed E-state index contributed by atoms with van der Waals surface area (Å²) in [6.45, 7) is 1.90. The van der Waals surface area contributed by atoms with Crippen LogP contribution in [0.1, 0.15) is 5.56 Å². The van der Waals surface area contributed by atoms with Gasteiger partial charge in [0.25, 0.3) is 0 Å². The van der Waals surface area contributed by atoms with Crippen LogP contribution in [0, 0.1) is 6.92 Å². The second kappa shape index (κ2) is 3.18. The molecule has 0 aliphatic rings. The van der Waals surface area contributed by atoms with Crippen molar-refractivity contribution in [2.75, 3.05) is 0 Å². The molecule has 3 heteroatoms. The number of aryl methyl sites for hydroxylation is 1. The number of rotatable bonds is 1. The van der Waals surface area contributed by atoms with Gasteiger partial charge in [0.1, 0.15) is 5.75 Å². The molecule has 14 heavy (non-hydrogen) atoms. The van der Waals surface area contributed by atoms with E-state index in [1.165, 1.54) is 0 Å². The molecule has 0 radical (unpaired) electrons. The molecule has 0 unspecified atom stereocenters. The fourth-order valence-corrected chi connectivity index (χ4v) is 1.50. The van der Waals surface area contributed by atoms with Gasteiger partial charge in [-0.05, 0) is 24.1 Å². The molecule has 2 rings (SSSR count).